The van der Waals surface area contributed by atoms with Crippen molar-refractivity contribution in [3.63, 3.8) is 0 Å². The number of methoxy groups -OCH3 is 1. The number of aromatic nitrogens is 2. The van der Waals surface area contributed by atoms with Crippen LogP contribution in [0.25, 0.3) is 5.65 Å². The lowest BCUT2D eigenvalue weighted by Crippen LogP contribution is -2.45. The van der Waals surface area contributed by atoms with Gasteiger partial charge in [-0.3, -0.25) is 9.80 Å². The molecule has 1 aliphatic heterocycles. The second kappa shape index (κ2) is 7.90. The largest absolute Gasteiger partial charge is 0.465 e. The van der Waals surface area contributed by atoms with Gasteiger partial charge in [0.05, 0.1) is 18.4 Å². The lowest BCUT2D eigenvalue weighted by molar-refractivity contribution is 0.0600. The van der Waals surface area contributed by atoms with Crippen LogP contribution in [0.4, 0.5) is 0 Å². The minimum absolute atomic E-state index is 0.283. The van der Waals surface area contributed by atoms with Crippen molar-refractivity contribution < 1.29 is 9.53 Å². The van der Waals surface area contributed by atoms with Crippen molar-refractivity contribution in [3.05, 3.63) is 71.7 Å². The Bertz CT molecular complexity index is 896. The molecule has 0 spiro atoms. The van der Waals surface area contributed by atoms with Gasteiger partial charge in [-0.1, -0.05) is 18.2 Å². The zero-order valence-corrected chi connectivity index (χ0v) is 15.5. The molecule has 1 saturated heterocycles. The number of ether oxygens (including phenoxy) is 1. The normalized spacial score (nSPS) is 15.9. The Hall–Kier alpha value is -2.70. The van der Waals surface area contributed by atoms with Crippen molar-refractivity contribution >= 4 is 11.6 Å². The van der Waals surface area contributed by atoms with E-state index in [0.29, 0.717) is 5.56 Å². The van der Waals surface area contributed by atoms with E-state index >= 15 is 0 Å². The number of hydrogen-bond acceptors (Lipinski definition) is 5. The van der Waals surface area contributed by atoms with E-state index in [4.69, 9.17) is 9.72 Å². The molecular formula is C21H24N4O2. The van der Waals surface area contributed by atoms with Gasteiger partial charge < -0.3 is 9.14 Å². The molecule has 0 N–H and O–H groups in total. The molecule has 0 atom stereocenters. The Morgan fingerprint density at radius 1 is 1.04 bits per heavy atom. The van der Waals surface area contributed by atoms with E-state index < -0.39 is 0 Å². The number of imidazole rings is 1. The van der Waals surface area contributed by atoms with Gasteiger partial charge in [-0.05, 0) is 29.8 Å². The van der Waals surface area contributed by atoms with Gasteiger partial charge in [-0.2, -0.15) is 0 Å². The topological polar surface area (TPSA) is 50.1 Å². The second-order valence-electron chi connectivity index (χ2n) is 6.94. The van der Waals surface area contributed by atoms with Crippen LogP contribution < -0.4 is 0 Å². The van der Waals surface area contributed by atoms with E-state index in [0.717, 1.165) is 56.2 Å². The van der Waals surface area contributed by atoms with E-state index in [1.807, 2.05) is 36.5 Å². The summed E-state index contributed by atoms with van der Waals surface area (Å²) in [7, 11) is 1.41. The van der Waals surface area contributed by atoms with Gasteiger partial charge in [0.15, 0.2) is 0 Å². The zero-order chi connectivity index (χ0) is 18.6. The van der Waals surface area contributed by atoms with Crippen LogP contribution in [0, 0.1) is 0 Å². The Morgan fingerprint density at radius 3 is 2.56 bits per heavy atom. The maximum absolute atomic E-state index is 11.7. The predicted octanol–water partition coefficient (Wildman–Crippen LogP) is 2.44. The summed E-state index contributed by atoms with van der Waals surface area (Å²) in [6.45, 7) is 5.79. The molecule has 0 saturated carbocycles. The predicted molar refractivity (Wildman–Crippen MR) is 104 cm³/mol. The SMILES string of the molecule is COC(=O)c1cccc(CN2CCN(Cc3cn4ccccc4n3)CC2)c1. The third kappa shape index (κ3) is 4.18. The van der Waals surface area contributed by atoms with Crippen molar-refractivity contribution in [2.24, 2.45) is 0 Å². The smallest absolute Gasteiger partial charge is 0.337 e. The molecule has 3 aromatic rings. The first-order valence-electron chi connectivity index (χ1n) is 9.26. The summed E-state index contributed by atoms with van der Waals surface area (Å²) in [4.78, 5) is 21.3. The van der Waals surface area contributed by atoms with E-state index in [1.165, 1.54) is 7.11 Å². The lowest BCUT2D eigenvalue weighted by Gasteiger charge is -2.34. The van der Waals surface area contributed by atoms with Crippen LogP contribution in [0.2, 0.25) is 0 Å². The van der Waals surface area contributed by atoms with E-state index in [2.05, 4.69) is 26.5 Å². The zero-order valence-electron chi connectivity index (χ0n) is 15.5. The lowest BCUT2D eigenvalue weighted by atomic mass is 10.1. The standard InChI is InChI=1S/C21H24N4O2/c1-27-21(26)18-6-4-5-17(13-18)14-23-9-11-24(12-10-23)15-19-16-25-8-3-2-7-20(25)22-19/h2-8,13,16H,9-12,14-15H2,1H3. The highest BCUT2D eigenvalue weighted by molar-refractivity contribution is 5.89. The second-order valence-corrected chi connectivity index (χ2v) is 6.94. The molecule has 0 radical (unpaired) electrons. The highest BCUT2D eigenvalue weighted by Gasteiger charge is 2.18. The van der Waals surface area contributed by atoms with Crippen LogP contribution in [0.3, 0.4) is 0 Å². The number of pyridine rings is 1. The summed E-state index contributed by atoms with van der Waals surface area (Å²) in [5.74, 6) is -0.283. The molecule has 1 aliphatic rings. The molecule has 0 amide bonds. The molecule has 3 heterocycles. The van der Waals surface area contributed by atoms with Gasteiger partial charge in [0.2, 0.25) is 0 Å². The average molecular weight is 364 g/mol. The van der Waals surface area contributed by atoms with Crippen LogP contribution in [-0.2, 0) is 17.8 Å². The van der Waals surface area contributed by atoms with Gasteiger partial charge in [0, 0.05) is 51.7 Å². The van der Waals surface area contributed by atoms with Crippen LogP contribution in [0.15, 0.2) is 54.9 Å². The summed E-state index contributed by atoms with van der Waals surface area (Å²) < 4.78 is 6.88. The molecule has 140 valence electrons. The summed E-state index contributed by atoms with van der Waals surface area (Å²) >= 11 is 0. The number of rotatable bonds is 5. The molecule has 2 aromatic heterocycles. The van der Waals surface area contributed by atoms with E-state index in [1.54, 1.807) is 6.07 Å². The fourth-order valence-corrected chi connectivity index (χ4v) is 3.57. The monoisotopic (exact) mass is 364 g/mol. The highest BCUT2D eigenvalue weighted by atomic mass is 16.5. The summed E-state index contributed by atoms with van der Waals surface area (Å²) in [6.07, 6.45) is 4.15. The molecule has 4 rings (SSSR count). The Kier molecular flexibility index (Phi) is 5.18. The minimum atomic E-state index is -0.283. The van der Waals surface area contributed by atoms with Crippen molar-refractivity contribution in [2.45, 2.75) is 13.1 Å². The van der Waals surface area contributed by atoms with Gasteiger partial charge in [-0.15, -0.1) is 0 Å². The summed E-state index contributed by atoms with van der Waals surface area (Å²) in [5, 5.41) is 0. The molecular weight excluding hydrogens is 340 g/mol. The molecule has 27 heavy (non-hydrogen) atoms. The Labute approximate surface area is 159 Å². The number of piperazine rings is 1. The molecule has 0 unspecified atom stereocenters. The molecule has 0 aliphatic carbocycles. The number of carbonyl (C=O) groups is 1. The number of nitrogens with zero attached hydrogens (tertiary/aromatic N) is 4. The van der Waals surface area contributed by atoms with Gasteiger partial charge >= 0.3 is 5.97 Å². The molecule has 6 nitrogen and oxygen atoms in total. The maximum Gasteiger partial charge on any atom is 0.337 e. The molecule has 0 bridgehead atoms. The van der Waals surface area contributed by atoms with Crippen molar-refractivity contribution in [1.29, 1.82) is 0 Å². The molecule has 1 fully saturated rings. The number of hydrogen-bond donors (Lipinski definition) is 0. The van der Waals surface area contributed by atoms with Crippen molar-refractivity contribution in [1.82, 2.24) is 19.2 Å². The van der Waals surface area contributed by atoms with E-state index in [-0.39, 0.29) is 5.97 Å². The first kappa shape index (κ1) is 17.7. The van der Waals surface area contributed by atoms with Gasteiger partial charge in [0.1, 0.15) is 5.65 Å². The number of carbonyl (C=O) groups excluding carboxylic acids is 1. The van der Waals surface area contributed by atoms with Gasteiger partial charge in [0.25, 0.3) is 0 Å². The molecule has 1 aromatic carbocycles. The van der Waals surface area contributed by atoms with Crippen LogP contribution in [0.1, 0.15) is 21.6 Å². The molecule has 6 heteroatoms. The fourth-order valence-electron chi connectivity index (χ4n) is 3.57. The maximum atomic E-state index is 11.7. The Balaban J connectivity index is 1.32. The summed E-state index contributed by atoms with van der Waals surface area (Å²) in [5.41, 5.74) is 3.87. The van der Waals surface area contributed by atoms with Crippen LogP contribution >= 0.6 is 0 Å². The number of benzene rings is 1. The summed E-state index contributed by atoms with van der Waals surface area (Å²) in [6, 6.07) is 13.8. The first-order chi connectivity index (χ1) is 13.2. The van der Waals surface area contributed by atoms with Gasteiger partial charge in [-0.25, -0.2) is 9.78 Å². The average Bonchev–Trinajstić information content (AvgIpc) is 3.11. The minimum Gasteiger partial charge on any atom is -0.465 e. The fraction of sp³-hybridized carbons (Fsp3) is 0.333. The van der Waals surface area contributed by atoms with Crippen molar-refractivity contribution in [2.75, 3.05) is 33.3 Å². The van der Waals surface area contributed by atoms with Crippen LogP contribution in [-0.4, -0.2) is 58.4 Å². The Morgan fingerprint density at radius 2 is 1.81 bits per heavy atom. The quantitative estimate of drug-likeness (QED) is 0.651. The number of fused-ring (bicyclic) bond motifs is 1. The van der Waals surface area contributed by atoms with E-state index in [9.17, 15) is 4.79 Å². The third-order valence-electron chi connectivity index (χ3n) is 5.02. The highest BCUT2D eigenvalue weighted by Crippen LogP contribution is 2.14. The number of esters is 1. The first-order valence-corrected chi connectivity index (χ1v) is 9.26. The van der Waals surface area contributed by atoms with Crippen LogP contribution in [0.5, 0.6) is 0 Å². The van der Waals surface area contributed by atoms with Crippen molar-refractivity contribution in [3.8, 4) is 0 Å². The third-order valence-corrected chi connectivity index (χ3v) is 5.02.